The number of rotatable bonds is 4. The largest absolute Gasteiger partial charge is 0.324 e. The first kappa shape index (κ1) is 18.0. The zero-order valence-corrected chi connectivity index (χ0v) is 15.2. The van der Waals surface area contributed by atoms with Gasteiger partial charge in [0.05, 0.1) is 0 Å². The summed E-state index contributed by atoms with van der Waals surface area (Å²) >= 11 is 0. The second kappa shape index (κ2) is 7.64. The van der Waals surface area contributed by atoms with Crippen molar-refractivity contribution in [3.63, 3.8) is 0 Å². The summed E-state index contributed by atoms with van der Waals surface area (Å²) in [7, 11) is 1.91. The lowest BCUT2D eigenvalue weighted by molar-refractivity contribution is 0.707. The molecule has 0 aliphatic rings. The molecule has 0 bridgehead atoms. The van der Waals surface area contributed by atoms with Gasteiger partial charge >= 0.3 is 0 Å². The average Bonchev–Trinajstić information content (AvgIpc) is 3.00. The molecule has 5 nitrogen and oxygen atoms in total. The minimum absolute atomic E-state index is 0. The van der Waals surface area contributed by atoms with Crippen LogP contribution in [0.15, 0.2) is 67.0 Å². The van der Waals surface area contributed by atoms with E-state index in [1.807, 2.05) is 54.2 Å². The number of pyridine rings is 2. The van der Waals surface area contributed by atoms with Gasteiger partial charge in [0.1, 0.15) is 5.69 Å². The van der Waals surface area contributed by atoms with E-state index in [-0.39, 0.29) is 18.4 Å². The lowest BCUT2D eigenvalue weighted by atomic mass is 9.94. The van der Waals surface area contributed by atoms with E-state index < -0.39 is 0 Å². The zero-order chi connectivity index (χ0) is 17.2. The van der Waals surface area contributed by atoms with Crippen molar-refractivity contribution < 1.29 is 0 Å². The molecular formula is C20H20ClN5. The molecule has 1 aromatic carbocycles. The van der Waals surface area contributed by atoms with Crippen LogP contribution in [-0.4, -0.2) is 19.7 Å². The Labute approximate surface area is 158 Å². The summed E-state index contributed by atoms with van der Waals surface area (Å²) in [5, 5.41) is 5.72. The van der Waals surface area contributed by atoms with Crippen molar-refractivity contribution in [3.05, 3.63) is 78.2 Å². The average molecular weight is 366 g/mol. The minimum Gasteiger partial charge on any atom is -0.324 e. The molecule has 3 aromatic heterocycles. The summed E-state index contributed by atoms with van der Waals surface area (Å²) in [6, 6.07) is 17.9. The summed E-state index contributed by atoms with van der Waals surface area (Å²) < 4.78 is 1.81. The van der Waals surface area contributed by atoms with Crippen molar-refractivity contribution in [2.45, 2.75) is 12.5 Å². The van der Waals surface area contributed by atoms with Crippen molar-refractivity contribution in [2.24, 2.45) is 12.8 Å². The van der Waals surface area contributed by atoms with Crippen LogP contribution in [0.4, 0.5) is 0 Å². The number of aryl methyl sites for hydroxylation is 1. The molecule has 3 heterocycles. The first-order chi connectivity index (χ1) is 12.2. The van der Waals surface area contributed by atoms with E-state index in [1.54, 1.807) is 12.4 Å². The van der Waals surface area contributed by atoms with Crippen LogP contribution in [0.1, 0.15) is 17.3 Å². The van der Waals surface area contributed by atoms with Gasteiger partial charge in [0.15, 0.2) is 5.65 Å². The van der Waals surface area contributed by atoms with Crippen molar-refractivity contribution in [1.29, 1.82) is 0 Å². The summed E-state index contributed by atoms with van der Waals surface area (Å²) in [5.74, 6) is 0. The van der Waals surface area contributed by atoms with E-state index in [4.69, 9.17) is 10.8 Å². The summed E-state index contributed by atoms with van der Waals surface area (Å²) in [6.07, 6.45) is 4.26. The Morgan fingerprint density at radius 1 is 0.962 bits per heavy atom. The molecule has 26 heavy (non-hydrogen) atoms. The van der Waals surface area contributed by atoms with Crippen molar-refractivity contribution in [2.75, 3.05) is 0 Å². The van der Waals surface area contributed by atoms with E-state index in [1.165, 1.54) is 0 Å². The standard InChI is InChI=1S/C20H19N5.ClH/c1-25-20-17(10-6-12-23-20)19(24-25)16-9-3-2-8-15(16)18(21)13-14-7-4-5-11-22-14;/h2-12,18H,13,21H2,1H3;1H. The van der Waals surface area contributed by atoms with E-state index in [9.17, 15) is 0 Å². The Kier molecular flexibility index (Phi) is 5.30. The SMILES string of the molecule is Cl.Cn1nc(-c2ccccc2C(N)Cc2ccccn2)c2cccnc21. The number of hydrogen-bond acceptors (Lipinski definition) is 4. The molecule has 0 spiro atoms. The van der Waals surface area contributed by atoms with E-state index in [2.05, 4.69) is 22.1 Å². The Morgan fingerprint density at radius 3 is 2.54 bits per heavy atom. The molecule has 1 atom stereocenters. The summed E-state index contributed by atoms with van der Waals surface area (Å²) in [5.41, 5.74) is 11.4. The number of aromatic nitrogens is 4. The van der Waals surface area contributed by atoms with Crippen LogP contribution in [0.25, 0.3) is 22.3 Å². The van der Waals surface area contributed by atoms with E-state index in [0.717, 1.165) is 33.5 Å². The van der Waals surface area contributed by atoms with Gasteiger partial charge in [0, 0.05) is 48.5 Å². The van der Waals surface area contributed by atoms with Crippen LogP contribution in [0.5, 0.6) is 0 Å². The fourth-order valence-electron chi connectivity index (χ4n) is 3.18. The van der Waals surface area contributed by atoms with Crippen molar-refractivity contribution in [1.82, 2.24) is 19.7 Å². The van der Waals surface area contributed by atoms with Gasteiger partial charge in [-0.1, -0.05) is 30.3 Å². The maximum Gasteiger partial charge on any atom is 0.158 e. The third-order valence-corrected chi connectivity index (χ3v) is 4.37. The molecule has 132 valence electrons. The van der Waals surface area contributed by atoms with Gasteiger partial charge in [-0.3, -0.25) is 4.98 Å². The normalized spacial score (nSPS) is 11.9. The highest BCUT2D eigenvalue weighted by molar-refractivity contribution is 5.92. The molecule has 0 radical (unpaired) electrons. The summed E-state index contributed by atoms with van der Waals surface area (Å²) in [6.45, 7) is 0. The summed E-state index contributed by atoms with van der Waals surface area (Å²) in [4.78, 5) is 8.82. The first-order valence-corrected chi connectivity index (χ1v) is 8.26. The Morgan fingerprint density at radius 2 is 1.73 bits per heavy atom. The number of benzene rings is 1. The maximum atomic E-state index is 6.53. The molecule has 0 amide bonds. The number of nitrogens with zero attached hydrogens (tertiary/aromatic N) is 4. The Balaban J connectivity index is 0.00000196. The molecule has 0 saturated carbocycles. The number of nitrogens with two attached hydrogens (primary N) is 1. The smallest absolute Gasteiger partial charge is 0.158 e. The van der Waals surface area contributed by atoms with E-state index in [0.29, 0.717) is 6.42 Å². The van der Waals surface area contributed by atoms with Crippen molar-refractivity contribution >= 4 is 23.4 Å². The predicted molar refractivity (Wildman–Crippen MR) is 106 cm³/mol. The maximum absolute atomic E-state index is 6.53. The van der Waals surface area contributed by atoms with Crippen LogP contribution in [-0.2, 0) is 13.5 Å². The molecule has 0 aliphatic heterocycles. The molecule has 4 aromatic rings. The molecule has 6 heteroatoms. The second-order valence-electron chi connectivity index (χ2n) is 6.07. The van der Waals surface area contributed by atoms with Crippen LogP contribution in [0.3, 0.4) is 0 Å². The fraction of sp³-hybridized carbons (Fsp3) is 0.150. The van der Waals surface area contributed by atoms with Crippen LogP contribution >= 0.6 is 12.4 Å². The van der Waals surface area contributed by atoms with Gasteiger partial charge in [-0.25, -0.2) is 9.67 Å². The van der Waals surface area contributed by atoms with Gasteiger partial charge in [0.25, 0.3) is 0 Å². The molecular weight excluding hydrogens is 346 g/mol. The Bertz CT molecular complexity index is 1010. The minimum atomic E-state index is -0.153. The highest BCUT2D eigenvalue weighted by Crippen LogP contribution is 2.32. The van der Waals surface area contributed by atoms with Crippen molar-refractivity contribution in [3.8, 4) is 11.3 Å². The van der Waals surface area contributed by atoms with Gasteiger partial charge < -0.3 is 5.73 Å². The van der Waals surface area contributed by atoms with Gasteiger partial charge in [-0.2, -0.15) is 5.10 Å². The molecule has 2 N–H and O–H groups in total. The Hall–Kier alpha value is -2.76. The quantitative estimate of drug-likeness (QED) is 0.598. The van der Waals surface area contributed by atoms with Gasteiger partial charge in [-0.05, 0) is 29.8 Å². The number of hydrogen-bond donors (Lipinski definition) is 1. The topological polar surface area (TPSA) is 69.6 Å². The van der Waals surface area contributed by atoms with E-state index >= 15 is 0 Å². The highest BCUT2D eigenvalue weighted by Gasteiger charge is 2.18. The highest BCUT2D eigenvalue weighted by atomic mass is 35.5. The lowest BCUT2D eigenvalue weighted by Crippen LogP contribution is -2.15. The molecule has 0 saturated heterocycles. The van der Waals surface area contributed by atoms with Gasteiger partial charge in [0.2, 0.25) is 0 Å². The lowest BCUT2D eigenvalue weighted by Gasteiger charge is -2.15. The molecule has 4 rings (SSSR count). The zero-order valence-electron chi connectivity index (χ0n) is 14.4. The van der Waals surface area contributed by atoms with Crippen LogP contribution in [0, 0.1) is 0 Å². The number of fused-ring (bicyclic) bond motifs is 1. The van der Waals surface area contributed by atoms with Crippen LogP contribution < -0.4 is 5.73 Å². The second-order valence-corrected chi connectivity index (χ2v) is 6.07. The third kappa shape index (κ3) is 3.31. The van der Waals surface area contributed by atoms with Gasteiger partial charge in [-0.15, -0.1) is 12.4 Å². The predicted octanol–water partition coefficient (Wildman–Crippen LogP) is 3.69. The first-order valence-electron chi connectivity index (χ1n) is 8.26. The fourth-order valence-corrected chi connectivity index (χ4v) is 3.18. The molecule has 1 unspecified atom stereocenters. The molecule has 0 fully saturated rings. The molecule has 0 aliphatic carbocycles. The number of halogens is 1. The monoisotopic (exact) mass is 365 g/mol. The van der Waals surface area contributed by atoms with Crippen LogP contribution in [0.2, 0.25) is 0 Å². The third-order valence-electron chi connectivity index (χ3n) is 4.37.